The van der Waals surface area contributed by atoms with E-state index in [1.54, 1.807) is 12.1 Å². The molecule has 1 saturated heterocycles. The van der Waals surface area contributed by atoms with Gasteiger partial charge in [0.15, 0.2) is 0 Å². The van der Waals surface area contributed by atoms with Crippen LogP contribution in [0.4, 0.5) is 0 Å². The van der Waals surface area contributed by atoms with Gasteiger partial charge in [-0.15, -0.1) is 0 Å². The number of imidazole rings is 1. The second-order valence-corrected chi connectivity index (χ2v) is 5.93. The largest absolute Gasteiger partial charge is 0.508 e. The molecule has 0 bridgehead atoms. The molecular weight excluding hydrogens is 288 g/mol. The number of fused-ring (bicyclic) bond motifs is 1. The highest BCUT2D eigenvalue weighted by Crippen LogP contribution is 2.25. The summed E-state index contributed by atoms with van der Waals surface area (Å²) in [5.74, 6) is 1.27. The van der Waals surface area contributed by atoms with Crippen molar-refractivity contribution in [3.05, 3.63) is 59.9 Å². The first kappa shape index (κ1) is 14.2. The second-order valence-electron chi connectivity index (χ2n) is 5.93. The summed E-state index contributed by atoms with van der Waals surface area (Å²) in [6, 6.07) is 16.0. The first-order valence-electron chi connectivity index (χ1n) is 7.98. The zero-order chi connectivity index (χ0) is 15.6. The van der Waals surface area contributed by atoms with Crippen LogP contribution >= 0.6 is 0 Å². The van der Waals surface area contributed by atoms with Crippen molar-refractivity contribution < 1.29 is 5.11 Å². The second kappa shape index (κ2) is 6.02. The number of hydrogen-bond donors (Lipinski definition) is 3. The van der Waals surface area contributed by atoms with Crippen molar-refractivity contribution >= 4 is 11.0 Å². The fourth-order valence-electron chi connectivity index (χ4n) is 3.17. The molecule has 5 heteroatoms. The summed E-state index contributed by atoms with van der Waals surface area (Å²) in [6.07, 6.45) is 0. The van der Waals surface area contributed by atoms with Crippen molar-refractivity contribution in [3.8, 4) is 5.75 Å². The van der Waals surface area contributed by atoms with Crippen molar-refractivity contribution in [2.24, 2.45) is 0 Å². The van der Waals surface area contributed by atoms with E-state index in [4.69, 9.17) is 4.98 Å². The molecule has 2 aromatic carbocycles. The van der Waals surface area contributed by atoms with Crippen LogP contribution in [0.3, 0.4) is 0 Å². The fourth-order valence-corrected chi connectivity index (χ4v) is 3.17. The summed E-state index contributed by atoms with van der Waals surface area (Å²) in [5, 5.41) is 16.7. The highest BCUT2D eigenvalue weighted by atomic mass is 16.3. The molecule has 5 nitrogen and oxygen atoms in total. The van der Waals surface area contributed by atoms with E-state index in [-0.39, 0.29) is 11.8 Å². The van der Waals surface area contributed by atoms with E-state index in [0.717, 1.165) is 43.0 Å². The molecule has 0 radical (unpaired) electrons. The predicted octanol–water partition coefficient (Wildman–Crippen LogP) is 2.02. The van der Waals surface area contributed by atoms with Crippen LogP contribution in [0.1, 0.15) is 17.4 Å². The van der Waals surface area contributed by atoms with Crippen LogP contribution < -0.4 is 10.6 Å². The van der Waals surface area contributed by atoms with E-state index in [1.807, 2.05) is 12.1 Å². The molecule has 118 valence electrons. The standard InChI is InChI=1S/C18H20N4O/c23-14-6-7-17-15(10-14)21-18(16-11-19-8-9-20-16)22(17)12-13-4-2-1-3-5-13/h1-7,10,16,19-20,23H,8-9,11-12H2. The van der Waals surface area contributed by atoms with E-state index in [2.05, 4.69) is 39.5 Å². The van der Waals surface area contributed by atoms with Gasteiger partial charge in [-0.2, -0.15) is 0 Å². The minimum absolute atomic E-state index is 0.182. The van der Waals surface area contributed by atoms with Gasteiger partial charge in [0.1, 0.15) is 11.6 Å². The van der Waals surface area contributed by atoms with E-state index >= 15 is 0 Å². The maximum atomic E-state index is 9.75. The average Bonchev–Trinajstić information content (AvgIpc) is 2.94. The zero-order valence-electron chi connectivity index (χ0n) is 12.9. The molecule has 0 saturated carbocycles. The smallest absolute Gasteiger partial charge is 0.128 e. The number of piperazine rings is 1. The van der Waals surface area contributed by atoms with Gasteiger partial charge in [-0.25, -0.2) is 4.98 Å². The first-order chi connectivity index (χ1) is 11.3. The number of phenolic OH excluding ortho intramolecular Hbond substituents is 1. The van der Waals surface area contributed by atoms with Gasteiger partial charge >= 0.3 is 0 Å². The Bertz CT molecular complexity index is 807. The number of benzene rings is 2. The summed E-state index contributed by atoms with van der Waals surface area (Å²) < 4.78 is 2.24. The summed E-state index contributed by atoms with van der Waals surface area (Å²) in [6.45, 7) is 3.56. The van der Waals surface area contributed by atoms with Crippen LogP contribution in [-0.4, -0.2) is 34.3 Å². The van der Waals surface area contributed by atoms with E-state index in [9.17, 15) is 5.11 Å². The van der Waals surface area contributed by atoms with Gasteiger partial charge in [-0.05, 0) is 17.7 Å². The lowest BCUT2D eigenvalue weighted by atomic mass is 10.2. The molecule has 3 N–H and O–H groups in total. The van der Waals surface area contributed by atoms with Crippen LogP contribution in [0, 0.1) is 0 Å². The molecule has 4 rings (SSSR count). The number of aromatic nitrogens is 2. The van der Waals surface area contributed by atoms with Gasteiger partial charge in [-0.1, -0.05) is 30.3 Å². The molecule has 0 amide bonds. The normalized spacial score (nSPS) is 18.3. The Hall–Kier alpha value is -2.37. The average molecular weight is 308 g/mol. The molecule has 3 aromatic rings. The van der Waals surface area contributed by atoms with Gasteiger partial charge in [0, 0.05) is 32.2 Å². The van der Waals surface area contributed by atoms with Crippen LogP contribution in [0.25, 0.3) is 11.0 Å². The summed E-state index contributed by atoms with van der Waals surface area (Å²) in [5.41, 5.74) is 3.13. The van der Waals surface area contributed by atoms with Crippen molar-refractivity contribution in [2.75, 3.05) is 19.6 Å². The Morgan fingerprint density at radius 3 is 2.78 bits per heavy atom. The van der Waals surface area contributed by atoms with E-state index in [0.29, 0.717) is 0 Å². The molecule has 1 aromatic heterocycles. The lowest BCUT2D eigenvalue weighted by Crippen LogP contribution is -2.43. The Labute approximate surface area is 135 Å². The molecular formula is C18H20N4O. The maximum Gasteiger partial charge on any atom is 0.128 e. The molecule has 2 heterocycles. The number of hydrogen-bond acceptors (Lipinski definition) is 4. The molecule has 1 unspecified atom stereocenters. The van der Waals surface area contributed by atoms with Crippen LogP contribution in [0.15, 0.2) is 48.5 Å². The molecule has 1 fully saturated rings. The molecule has 1 atom stereocenters. The highest BCUT2D eigenvalue weighted by molar-refractivity contribution is 5.78. The number of aromatic hydroxyl groups is 1. The Balaban J connectivity index is 1.81. The van der Waals surface area contributed by atoms with E-state index in [1.165, 1.54) is 5.56 Å². The summed E-state index contributed by atoms with van der Waals surface area (Å²) >= 11 is 0. The fraction of sp³-hybridized carbons (Fsp3) is 0.278. The van der Waals surface area contributed by atoms with Crippen molar-refractivity contribution in [2.45, 2.75) is 12.6 Å². The maximum absolute atomic E-state index is 9.75. The highest BCUT2D eigenvalue weighted by Gasteiger charge is 2.22. The van der Waals surface area contributed by atoms with Crippen molar-refractivity contribution in [3.63, 3.8) is 0 Å². The molecule has 0 spiro atoms. The molecule has 1 aliphatic rings. The van der Waals surface area contributed by atoms with Crippen molar-refractivity contribution in [1.82, 2.24) is 20.2 Å². The van der Waals surface area contributed by atoms with Gasteiger partial charge in [0.2, 0.25) is 0 Å². The van der Waals surface area contributed by atoms with Gasteiger partial charge in [0.25, 0.3) is 0 Å². The summed E-state index contributed by atoms with van der Waals surface area (Å²) in [4.78, 5) is 4.79. The van der Waals surface area contributed by atoms with E-state index < -0.39 is 0 Å². The predicted molar refractivity (Wildman–Crippen MR) is 90.6 cm³/mol. The minimum Gasteiger partial charge on any atom is -0.508 e. The van der Waals surface area contributed by atoms with Crippen molar-refractivity contribution in [1.29, 1.82) is 0 Å². The van der Waals surface area contributed by atoms with Gasteiger partial charge in [-0.3, -0.25) is 0 Å². The third-order valence-electron chi connectivity index (χ3n) is 4.30. The number of rotatable bonds is 3. The van der Waals surface area contributed by atoms with Crippen LogP contribution in [0.2, 0.25) is 0 Å². The lowest BCUT2D eigenvalue weighted by molar-refractivity contribution is 0.406. The zero-order valence-corrected chi connectivity index (χ0v) is 12.9. The Morgan fingerprint density at radius 1 is 1.13 bits per heavy atom. The van der Waals surface area contributed by atoms with Crippen LogP contribution in [0.5, 0.6) is 5.75 Å². The Kier molecular flexibility index (Phi) is 3.73. The lowest BCUT2D eigenvalue weighted by Gasteiger charge is -2.25. The SMILES string of the molecule is Oc1ccc2c(c1)nc(C1CNCCN1)n2Cc1ccccc1. The minimum atomic E-state index is 0.182. The quantitative estimate of drug-likeness (QED) is 0.693. The number of phenols is 1. The summed E-state index contributed by atoms with van der Waals surface area (Å²) in [7, 11) is 0. The molecule has 0 aliphatic carbocycles. The topological polar surface area (TPSA) is 62.1 Å². The third kappa shape index (κ3) is 2.81. The van der Waals surface area contributed by atoms with Gasteiger partial charge < -0.3 is 20.3 Å². The molecule has 23 heavy (non-hydrogen) atoms. The monoisotopic (exact) mass is 308 g/mol. The molecule has 1 aliphatic heterocycles. The van der Waals surface area contributed by atoms with Crippen LogP contribution in [-0.2, 0) is 6.54 Å². The van der Waals surface area contributed by atoms with Gasteiger partial charge in [0.05, 0.1) is 17.1 Å². The first-order valence-corrected chi connectivity index (χ1v) is 7.98. The number of nitrogens with one attached hydrogen (secondary N) is 2. The third-order valence-corrected chi connectivity index (χ3v) is 4.30. The number of nitrogens with zero attached hydrogens (tertiary/aromatic N) is 2. The Morgan fingerprint density at radius 2 is 2.00 bits per heavy atom.